The summed E-state index contributed by atoms with van der Waals surface area (Å²) in [6.45, 7) is 11.5. The number of carbonyl (C=O) groups excluding carboxylic acids is 1. The van der Waals surface area contributed by atoms with Crippen LogP contribution in [0.5, 0.6) is 0 Å². The summed E-state index contributed by atoms with van der Waals surface area (Å²) in [6, 6.07) is 10.2. The van der Waals surface area contributed by atoms with Crippen molar-refractivity contribution in [1.82, 2.24) is 0 Å². The molecule has 51 heavy (non-hydrogen) atoms. The van der Waals surface area contributed by atoms with Crippen LogP contribution >= 0.6 is 0 Å². The van der Waals surface area contributed by atoms with Crippen LogP contribution in [0.3, 0.4) is 0 Å². The lowest BCUT2D eigenvalue weighted by atomic mass is 9.81. The summed E-state index contributed by atoms with van der Waals surface area (Å²) >= 11 is 0. The molecule has 2 aliphatic rings. The molecule has 0 saturated heterocycles. The molecule has 0 amide bonds. The Morgan fingerprint density at radius 1 is 0.863 bits per heavy atom. The lowest BCUT2D eigenvalue weighted by molar-refractivity contribution is -0.438. The molecule has 2 aromatic carbocycles. The van der Waals surface area contributed by atoms with E-state index in [1.165, 1.54) is 0 Å². The van der Waals surface area contributed by atoms with Gasteiger partial charge in [-0.05, 0) is 88.4 Å². The number of anilines is 1. The van der Waals surface area contributed by atoms with Gasteiger partial charge in [0.1, 0.15) is 6.54 Å². The monoisotopic (exact) mass is 720 g/mol. The highest BCUT2D eigenvalue weighted by Gasteiger charge is 2.44. The van der Waals surface area contributed by atoms with E-state index in [1.807, 2.05) is 50.3 Å². The number of carbonyl (C=O) groups is 3. The Morgan fingerprint density at radius 2 is 1.53 bits per heavy atom. The molecule has 11 nitrogen and oxygen atoms in total. The third-order valence-corrected chi connectivity index (χ3v) is 10.4. The Labute approximate surface area is 300 Å². The number of ether oxygens (including phenoxy) is 1. The smallest absolute Gasteiger partial charge is 0.335 e. The third kappa shape index (κ3) is 9.22. The van der Waals surface area contributed by atoms with Crippen molar-refractivity contribution >= 4 is 45.1 Å². The van der Waals surface area contributed by atoms with E-state index in [0.29, 0.717) is 32.5 Å². The lowest BCUT2D eigenvalue weighted by Crippen LogP contribution is -2.28. The molecule has 2 aromatic rings. The van der Waals surface area contributed by atoms with Crippen LogP contribution in [0, 0.1) is 0 Å². The number of unbranched alkanes of at least 4 members (excludes halogenated alkanes) is 3. The van der Waals surface area contributed by atoms with Crippen LogP contribution in [0.4, 0.5) is 11.4 Å². The van der Waals surface area contributed by atoms with Crippen LogP contribution in [0.15, 0.2) is 72.5 Å². The topological polar surface area (TPSA) is 164 Å². The second-order valence-electron chi connectivity index (χ2n) is 13.9. The molecular weight excluding hydrogens is 673 g/mol. The number of hydrogen-bond acceptors (Lipinski definition) is 8. The SMILES string of the molecule is CCOC(=O)CCCCC[N+]1=C(/C=C/C=C/C=C2/N(CCCCS(=O)(=O)[O-])c3ccc(C(=O)O)cc3C2(C)C)C(C)(C)c2cc(C(=O)O)ccc21. The summed E-state index contributed by atoms with van der Waals surface area (Å²) in [5.41, 5.74) is 4.82. The Hall–Kier alpha value is -4.55. The zero-order valence-corrected chi connectivity index (χ0v) is 30.8. The Bertz CT molecular complexity index is 1900. The maximum Gasteiger partial charge on any atom is 0.335 e. The van der Waals surface area contributed by atoms with Gasteiger partial charge in [-0.25, -0.2) is 18.0 Å². The third-order valence-electron chi connectivity index (χ3n) is 9.60. The van der Waals surface area contributed by atoms with Crippen LogP contribution in [0.25, 0.3) is 0 Å². The van der Waals surface area contributed by atoms with Gasteiger partial charge in [-0.2, -0.15) is 4.58 Å². The molecule has 0 aliphatic carbocycles. The van der Waals surface area contributed by atoms with Crippen molar-refractivity contribution < 1.29 is 46.9 Å². The summed E-state index contributed by atoms with van der Waals surface area (Å²) in [4.78, 5) is 37.4. The van der Waals surface area contributed by atoms with E-state index in [9.17, 15) is 37.6 Å². The molecule has 0 aromatic heterocycles. The molecule has 2 aliphatic heterocycles. The van der Waals surface area contributed by atoms with Crippen molar-refractivity contribution in [2.45, 2.75) is 84.0 Å². The number of hydrogen-bond donors (Lipinski definition) is 2. The van der Waals surface area contributed by atoms with E-state index in [-0.39, 0.29) is 23.5 Å². The molecule has 12 heteroatoms. The van der Waals surface area contributed by atoms with Gasteiger partial charge in [-0.1, -0.05) is 32.1 Å². The van der Waals surface area contributed by atoms with E-state index in [2.05, 4.69) is 23.3 Å². The second kappa shape index (κ2) is 16.2. The van der Waals surface area contributed by atoms with Gasteiger partial charge in [0.25, 0.3) is 0 Å². The predicted octanol–water partition coefficient (Wildman–Crippen LogP) is 6.70. The van der Waals surface area contributed by atoms with Crippen molar-refractivity contribution in [3.05, 3.63) is 94.7 Å². The molecule has 0 bridgehead atoms. The molecule has 0 radical (unpaired) electrons. The van der Waals surface area contributed by atoms with Crippen LogP contribution in [-0.2, 0) is 30.5 Å². The van der Waals surface area contributed by atoms with E-state index < -0.39 is 38.6 Å². The Balaban J connectivity index is 1.61. The van der Waals surface area contributed by atoms with Gasteiger partial charge in [-0.15, -0.1) is 0 Å². The zero-order chi connectivity index (χ0) is 37.6. The molecule has 0 unspecified atom stereocenters. The zero-order valence-electron chi connectivity index (χ0n) is 30.0. The minimum absolute atomic E-state index is 0.176. The van der Waals surface area contributed by atoms with Crippen molar-refractivity contribution in [1.29, 1.82) is 0 Å². The molecular formula is C39H48N2O9S. The standard InChI is InChI=1S/C39H48N2O9S/c1-6-50-35(42)17-11-8-12-22-40-31-20-18-27(36(43)44)25-29(31)38(2,3)33(40)15-9-7-10-16-34-39(4,5)30-26-28(37(45)46)19-21-32(30)41(34)23-13-14-24-51(47,48)49/h7,9-10,15-16,18-21,25-26H,6,8,11-14,17,22-24H2,1-5H3,(H2-,43,44,45,46,47,48,49). The highest BCUT2D eigenvalue weighted by Crippen LogP contribution is 2.48. The van der Waals surface area contributed by atoms with E-state index in [0.717, 1.165) is 53.2 Å². The summed E-state index contributed by atoms with van der Waals surface area (Å²) in [5, 5.41) is 19.3. The first-order valence-corrected chi connectivity index (χ1v) is 18.9. The minimum atomic E-state index is -4.32. The average molecular weight is 721 g/mol. The van der Waals surface area contributed by atoms with Gasteiger partial charge in [0.2, 0.25) is 5.69 Å². The van der Waals surface area contributed by atoms with Crippen molar-refractivity contribution in [3.63, 3.8) is 0 Å². The molecule has 0 saturated carbocycles. The normalized spacial score (nSPS) is 17.1. The molecule has 2 N–H and O–H groups in total. The Kier molecular flexibility index (Phi) is 12.5. The van der Waals surface area contributed by atoms with Crippen molar-refractivity contribution in [2.24, 2.45) is 0 Å². The van der Waals surface area contributed by atoms with Crippen LogP contribution < -0.4 is 4.90 Å². The number of aromatic carboxylic acids is 2. The number of nitrogens with zero attached hydrogens (tertiary/aromatic N) is 2. The fraction of sp³-hybridized carbons (Fsp3) is 0.436. The number of benzene rings is 2. The Morgan fingerprint density at radius 3 is 2.18 bits per heavy atom. The highest BCUT2D eigenvalue weighted by atomic mass is 32.2. The van der Waals surface area contributed by atoms with E-state index in [1.54, 1.807) is 37.3 Å². The van der Waals surface area contributed by atoms with E-state index >= 15 is 0 Å². The van der Waals surface area contributed by atoms with Gasteiger partial charge in [0, 0.05) is 59.6 Å². The first-order chi connectivity index (χ1) is 24.0. The van der Waals surface area contributed by atoms with Gasteiger partial charge in [0.05, 0.1) is 33.3 Å². The number of allylic oxidation sites excluding steroid dienone is 6. The lowest BCUT2D eigenvalue weighted by Gasteiger charge is -2.27. The van der Waals surface area contributed by atoms with E-state index in [4.69, 9.17) is 4.74 Å². The number of esters is 1. The van der Waals surface area contributed by atoms with Gasteiger partial charge >= 0.3 is 17.9 Å². The molecule has 0 atom stereocenters. The van der Waals surface area contributed by atoms with Crippen molar-refractivity contribution in [3.8, 4) is 0 Å². The number of carboxylic acids is 2. The summed E-state index contributed by atoms with van der Waals surface area (Å²) in [6.07, 6.45) is 13.2. The fourth-order valence-corrected chi connectivity index (χ4v) is 7.51. The van der Waals surface area contributed by atoms with Gasteiger partial charge in [0.15, 0.2) is 5.71 Å². The number of carboxylic acid groups (broad SMARTS) is 2. The van der Waals surface area contributed by atoms with Crippen molar-refractivity contribution in [2.75, 3.05) is 30.3 Å². The minimum Gasteiger partial charge on any atom is -0.748 e. The maximum absolute atomic E-state index is 11.8. The quantitative estimate of drug-likeness (QED) is 0.0591. The average Bonchev–Trinajstić information content (AvgIpc) is 3.40. The number of rotatable bonds is 17. The van der Waals surface area contributed by atoms with Gasteiger partial charge < -0.3 is 24.4 Å². The largest absolute Gasteiger partial charge is 0.748 e. The van der Waals surface area contributed by atoms with Crippen LogP contribution in [0.2, 0.25) is 0 Å². The molecule has 4 rings (SSSR count). The highest BCUT2D eigenvalue weighted by molar-refractivity contribution is 7.85. The second-order valence-corrected chi connectivity index (χ2v) is 15.4. The van der Waals surface area contributed by atoms with Crippen LogP contribution in [0.1, 0.15) is 105 Å². The molecule has 0 spiro atoms. The molecule has 0 fully saturated rings. The van der Waals surface area contributed by atoms with Gasteiger partial charge in [-0.3, -0.25) is 4.79 Å². The van der Waals surface area contributed by atoms with Crippen LogP contribution in [-0.4, -0.2) is 76.8 Å². The first kappa shape index (κ1) is 39.2. The summed E-state index contributed by atoms with van der Waals surface area (Å²) < 4.78 is 40.8. The first-order valence-electron chi connectivity index (χ1n) is 17.3. The predicted molar refractivity (Wildman–Crippen MR) is 195 cm³/mol. The summed E-state index contributed by atoms with van der Waals surface area (Å²) in [7, 11) is -4.32. The number of fused-ring (bicyclic) bond motifs is 2. The summed E-state index contributed by atoms with van der Waals surface area (Å²) in [5.74, 6) is -2.65. The molecule has 274 valence electrons. The molecule has 2 heterocycles. The fourth-order valence-electron chi connectivity index (χ4n) is 6.95. The maximum atomic E-state index is 11.8.